The fraction of sp³-hybridized carbons (Fsp3) is 0.786. The van der Waals surface area contributed by atoms with Crippen LogP contribution in [0.15, 0.2) is 11.1 Å². The van der Waals surface area contributed by atoms with Crippen molar-refractivity contribution in [3.8, 4) is 0 Å². The van der Waals surface area contributed by atoms with E-state index in [1.54, 1.807) is 0 Å². The van der Waals surface area contributed by atoms with Crippen molar-refractivity contribution in [2.75, 3.05) is 6.61 Å². The quantitative estimate of drug-likeness (QED) is 0.676. The molecule has 3 aliphatic rings. The summed E-state index contributed by atoms with van der Waals surface area (Å²) < 4.78 is 11.7. The van der Waals surface area contributed by atoms with Crippen LogP contribution in [0.25, 0.3) is 0 Å². The number of ketones is 1. The first-order chi connectivity index (χ1) is 8.86. The zero-order valence-electron chi connectivity index (χ0n) is 11.3. The molecule has 0 aromatic rings. The van der Waals surface area contributed by atoms with Crippen LogP contribution in [0.2, 0.25) is 0 Å². The Bertz CT molecular complexity index is 453. The Kier molecular flexibility index (Phi) is 2.87. The summed E-state index contributed by atoms with van der Waals surface area (Å²) in [7, 11) is 0. The normalized spacial score (nSPS) is 46.8. The highest BCUT2D eigenvalue weighted by Crippen LogP contribution is 2.45. The smallest absolute Gasteiger partial charge is 0.193 e. The first-order valence-electron chi connectivity index (χ1n) is 6.85. The Balaban J connectivity index is 1.89. The highest BCUT2D eigenvalue weighted by molar-refractivity contribution is 6.06. The third-order valence-electron chi connectivity index (χ3n) is 4.51. The number of ether oxygens (including phenoxy) is 2. The van der Waals surface area contributed by atoms with Gasteiger partial charge in [0.1, 0.15) is 6.10 Å². The van der Waals surface area contributed by atoms with E-state index in [0.29, 0.717) is 17.6 Å². The molecule has 5 heteroatoms. The second-order valence-corrected chi connectivity index (χ2v) is 6.08. The number of carbonyl (C=O) groups excluding carboxylic acids is 1. The molecule has 1 unspecified atom stereocenters. The molecule has 0 saturated carbocycles. The molecule has 1 fully saturated rings. The van der Waals surface area contributed by atoms with E-state index in [9.17, 15) is 15.0 Å². The Hall–Kier alpha value is -0.750. The van der Waals surface area contributed by atoms with E-state index in [2.05, 4.69) is 0 Å². The number of rotatable bonds is 0. The SMILES string of the molecule is C[C@H]1CCCC2(CC3=C(CO2)[C@@H](O)[C@](C)(O)C3=O)O1. The van der Waals surface area contributed by atoms with Gasteiger partial charge < -0.3 is 19.7 Å². The van der Waals surface area contributed by atoms with Crippen LogP contribution in [0.1, 0.15) is 39.5 Å². The van der Waals surface area contributed by atoms with Gasteiger partial charge in [0.2, 0.25) is 0 Å². The first-order valence-corrected chi connectivity index (χ1v) is 6.85. The van der Waals surface area contributed by atoms with Crippen LogP contribution in [0.4, 0.5) is 0 Å². The van der Waals surface area contributed by atoms with Crippen molar-refractivity contribution < 1.29 is 24.5 Å². The van der Waals surface area contributed by atoms with Crippen LogP contribution in [-0.2, 0) is 14.3 Å². The minimum atomic E-state index is -1.72. The molecule has 0 radical (unpaired) electrons. The highest BCUT2D eigenvalue weighted by Gasteiger charge is 2.54. The standard InChI is InChI=1S/C14H20O5/c1-8-4-3-5-14(19-8)6-9-10(7-18-14)12(16)13(2,17)11(9)15/h8,12,16-17H,3-7H2,1-2H3/t8-,12+,13+,14?/m0/s1. The molecule has 5 nitrogen and oxygen atoms in total. The molecule has 0 aromatic carbocycles. The lowest BCUT2D eigenvalue weighted by atomic mass is 9.91. The molecule has 4 atom stereocenters. The van der Waals surface area contributed by atoms with Gasteiger partial charge in [0.05, 0.1) is 12.7 Å². The van der Waals surface area contributed by atoms with Crippen LogP contribution in [0.3, 0.4) is 0 Å². The van der Waals surface area contributed by atoms with Crippen molar-refractivity contribution in [2.24, 2.45) is 0 Å². The summed E-state index contributed by atoms with van der Waals surface area (Å²) in [5.41, 5.74) is -0.708. The van der Waals surface area contributed by atoms with Gasteiger partial charge in [-0.2, -0.15) is 0 Å². The average Bonchev–Trinajstić information content (AvgIpc) is 2.51. The van der Waals surface area contributed by atoms with Crippen molar-refractivity contribution in [1.82, 2.24) is 0 Å². The molecule has 19 heavy (non-hydrogen) atoms. The zero-order valence-corrected chi connectivity index (χ0v) is 11.3. The molecule has 0 bridgehead atoms. The number of hydrogen-bond donors (Lipinski definition) is 2. The molecule has 1 spiro atoms. The maximum atomic E-state index is 12.2. The van der Waals surface area contributed by atoms with Crippen molar-refractivity contribution in [3.05, 3.63) is 11.1 Å². The van der Waals surface area contributed by atoms with E-state index >= 15 is 0 Å². The van der Waals surface area contributed by atoms with Crippen molar-refractivity contribution in [2.45, 2.75) is 63.1 Å². The summed E-state index contributed by atoms with van der Waals surface area (Å²) in [6.45, 7) is 3.51. The maximum absolute atomic E-state index is 12.2. The summed E-state index contributed by atoms with van der Waals surface area (Å²) in [4.78, 5) is 12.2. The van der Waals surface area contributed by atoms with Crippen LogP contribution in [-0.4, -0.2) is 46.2 Å². The van der Waals surface area contributed by atoms with E-state index in [0.717, 1.165) is 19.3 Å². The van der Waals surface area contributed by atoms with Gasteiger partial charge in [-0.25, -0.2) is 0 Å². The fourth-order valence-electron chi connectivity index (χ4n) is 3.35. The Morgan fingerprint density at radius 3 is 2.84 bits per heavy atom. The van der Waals surface area contributed by atoms with Gasteiger partial charge in [-0.3, -0.25) is 4.79 Å². The lowest BCUT2D eigenvalue weighted by molar-refractivity contribution is -0.277. The van der Waals surface area contributed by atoms with Crippen molar-refractivity contribution >= 4 is 5.78 Å². The third-order valence-corrected chi connectivity index (χ3v) is 4.51. The summed E-state index contributed by atoms with van der Waals surface area (Å²) >= 11 is 0. The van der Waals surface area contributed by atoms with Gasteiger partial charge in [0.25, 0.3) is 0 Å². The van der Waals surface area contributed by atoms with Gasteiger partial charge in [-0.1, -0.05) is 0 Å². The van der Waals surface area contributed by atoms with Crippen LogP contribution in [0.5, 0.6) is 0 Å². The minimum Gasteiger partial charge on any atom is -0.385 e. The number of carbonyl (C=O) groups is 1. The predicted molar refractivity (Wildman–Crippen MR) is 66.4 cm³/mol. The number of hydrogen-bond acceptors (Lipinski definition) is 5. The zero-order chi connectivity index (χ0) is 13.8. The number of aliphatic hydroxyl groups is 2. The maximum Gasteiger partial charge on any atom is 0.193 e. The molecule has 0 amide bonds. The lowest BCUT2D eigenvalue weighted by Crippen LogP contribution is -2.45. The molecule has 3 rings (SSSR count). The van der Waals surface area contributed by atoms with Gasteiger partial charge in [-0.05, 0) is 32.3 Å². The van der Waals surface area contributed by atoms with Gasteiger partial charge in [-0.15, -0.1) is 0 Å². The molecule has 0 aromatic heterocycles. The first kappa shape index (κ1) is 13.2. The number of Topliss-reactive ketones (excluding diaryl/α,β-unsaturated/α-hetero) is 1. The largest absolute Gasteiger partial charge is 0.385 e. The molecule has 106 valence electrons. The average molecular weight is 268 g/mol. The summed E-state index contributed by atoms with van der Waals surface area (Å²) in [6, 6.07) is 0. The lowest BCUT2D eigenvalue weighted by Gasteiger charge is -2.42. The topological polar surface area (TPSA) is 76.0 Å². The molecular formula is C14H20O5. The van der Waals surface area contributed by atoms with E-state index in [1.165, 1.54) is 6.92 Å². The Labute approximate surface area is 112 Å². The molecule has 2 heterocycles. The molecular weight excluding hydrogens is 248 g/mol. The monoisotopic (exact) mass is 268 g/mol. The fourth-order valence-corrected chi connectivity index (χ4v) is 3.35. The van der Waals surface area contributed by atoms with E-state index in [1.807, 2.05) is 6.92 Å². The molecule has 1 aliphatic carbocycles. The van der Waals surface area contributed by atoms with Crippen molar-refractivity contribution in [3.63, 3.8) is 0 Å². The van der Waals surface area contributed by atoms with Crippen LogP contribution in [0, 0.1) is 0 Å². The van der Waals surface area contributed by atoms with Crippen molar-refractivity contribution in [1.29, 1.82) is 0 Å². The summed E-state index contributed by atoms with van der Waals surface area (Å²) in [5, 5.41) is 20.1. The van der Waals surface area contributed by atoms with Gasteiger partial charge >= 0.3 is 0 Å². The van der Waals surface area contributed by atoms with E-state index < -0.39 is 17.5 Å². The second-order valence-electron chi connectivity index (χ2n) is 6.08. The Morgan fingerprint density at radius 2 is 2.16 bits per heavy atom. The highest BCUT2D eigenvalue weighted by atomic mass is 16.7. The summed E-state index contributed by atoms with van der Waals surface area (Å²) in [5.74, 6) is -1.13. The molecule has 2 N–H and O–H groups in total. The minimum absolute atomic E-state index is 0.109. The van der Waals surface area contributed by atoms with E-state index in [4.69, 9.17) is 9.47 Å². The molecule has 1 saturated heterocycles. The van der Waals surface area contributed by atoms with Crippen LogP contribution < -0.4 is 0 Å². The Morgan fingerprint density at radius 1 is 1.42 bits per heavy atom. The summed E-state index contributed by atoms with van der Waals surface area (Å²) in [6.07, 6.45) is 2.02. The molecule has 2 aliphatic heterocycles. The van der Waals surface area contributed by atoms with Gasteiger partial charge in [0, 0.05) is 18.4 Å². The van der Waals surface area contributed by atoms with Gasteiger partial charge in [0.15, 0.2) is 17.2 Å². The van der Waals surface area contributed by atoms with Crippen LogP contribution >= 0.6 is 0 Å². The second kappa shape index (κ2) is 4.12. The number of aliphatic hydroxyl groups excluding tert-OH is 1. The predicted octanol–water partition coefficient (Wildman–Crippen LogP) is 0.683. The third kappa shape index (κ3) is 1.88. The van der Waals surface area contributed by atoms with E-state index in [-0.39, 0.29) is 18.5 Å².